The van der Waals surface area contributed by atoms with E-state index in [4.69, 9.17) is 5.73 Å². The summed E-state index contributed by atoms with van der Waals surface area (Å²) in [5.74, 6) is 1.11. The number of hydrogen-bond donors (Lipinski definition) is 1. The fourth-order valence-corrected chi connectivity index (χ4v) is 1.94. The zero-order valence-electron chi connectivity index (χ0n) is 6.79. The number of rotatable bonds is 4. The van der Waals surface area contributed by atoms with E-state index in [0.717, 1.165) is 23.2 Å². The monoisotopic (exact) mass is 245 g/mol. The fourth-order valence-electron chi connectivity index (χ4n) is 0.804. The van der Waals surface area contributed by atoms with E-state index in [1.807, 2.05) is 11.8 Å². The van der Waals surface area contributed by atoms with Crippen LogP contribution < -0.4 is 5.73 Å². The minimum absolute atomic E-state index is 0.781. The Kier molecular flexibility index (Phi) is 4.73. The van der Waals surface area contributed by atoms with E-state index >= 15 is 0 Å². The van der Waals surface area contributed by atoms with Gasteiger partial charge in [-0.3, -0.25) is 0 Å². The third-order valence-corrected chi connectivity index (χ3v) is 3.06. The first-order valence-electron chi connectivity index (χ1n) is 3.91. The highest BCUT2D eigenvalue weighted by atomic mass is 79.9. The molecule has 0 aromatic heterocycles. The van der Waals surface area contributed by atoms with Gasteiger partial charge in [-0.25, -0.2) is 0 Å². The van der Waals surface area contributed by atoms with Crippen molar-refractivity contribution in [2.75, 3.05) is 12.3 Å². The molecule has 0 heterocycles. The highest BCUT2D eigenvalue weighted by Crippen LogP contribution is 2.20. The largest absolute Gasteiger partial charge is 0.330 e. The van der Waals surface area contributed by atoms with Gasteiger partial charge in [0.1, 0.15) is 0 Å². The van der Waals surface area contributed by atoms with Crippen LogP contribution >= 0.6 is 27.7 Å². The molecule has 2 N–H and O–H groups in total. The van der Waals surface area contributed by atoms with Crippen molar-refractivity contribution < 1.29 is 0 Å². The van der Waals surface area contributed by atoms with Gasteiger partial charge in [0.05, 0.1) is 0 Å². The summed E-state index contributed by atoms with van der Waals surface area (Å²) in [5, 5.41) is 0. The standard InChI is InChI=1S/C9H12BrNS/c10-8-2-4-9(5-3-8)12-7-1-6-11/h2-5H,1,6-7,11H2. The van der Waals surface area contributed by atoms with Crippen molar-refractivity contribution in [1.82, 2.24) is 0 Å². The van der Waals surface area contributed by atoms with Crippen LogP contribution in [0.25, 0.3) is 0 Å². The van der Waals surface area contributed by atoms with Crippen LogP contribution in [0.2, 0.25) is 0 Å². The van der Waals surface area contributed by atoms with E-state index in [9.17, 15) is 0 Å². The lowest BCUT2D eigenvalue weighted by molar-refractivity contribution is 0.943. The molecule has 12 heavy (non-hydrogen) atoms. The Balaban J connectivity index is 2.37. The van der Waals surface area contributed by atoms with Crippen molar-refractivity contribution in [2.45, 2.75) is 11.3 Å². The quantitative estimate of drug-likeness (QED) is 0.653. The van der Waals surface area contributed by atoms with Gasteiger partial charge in [-0.2, -0.15) is 0 Å². The molecule has 0 radical (unpaired) electrons. The predicted molar refractivity (Wildman–Crippen MR) is 58.5 cm³/mol. The summed E-state index contributed by atoms with van der Waals surface area (Å²) in [7, 11) is 0. The first kappa shape index (κ1) is 10.1. The Morgan fingerprint density at radius 3 is 2.50 bits per heavy atom. The average molecular weight is 246 g/mol. The van der Waals surface area contributed by atoms with Gasteiger partial charge in [0, 0.05) is 9.37 Å². The Labute approximate surface area is 85.9 Å². The Hall–Kier alpha value is 0.01000. The molecule has 1 nitrogen and oxygen atoms in total. The van der Waals surface area contributed by atoms with Crippen molar-refractivity contribution in [2.24, 2.45) is 5.73 Å². The fraction of sp³-hybridized carbons (Fsp3) is 0.333. The zero-order valence-corrected chi connectivity index (χ0v) is 9.20. The van der Waals surface area contributed by atoms with Gasteiger partial charge in [0.25, 0.3) is 0 Å². The van der Waals surface area contributed by atoms with Crippen LogP contribution in [0.15, 0.2) is 33.6 Å². The van der Waals surface area contributed by atoms with Crippen LogP contribution in [0.1, 0.15) is 6.42 Å². The molecule has 0 atom stereocenters. The normalized spacial score (nSPS) is 10.2. The van der Waals surface area contributed by atoms with Gasteiger partial charge < -0.3 is 5.73 Å². The Morgan fingerprint density at radius 1 is 1.25 bits per heavy atom. The van der Waals surface area contributed by atoms with E-state index in [1.165, 1.54) is 4.90 Å². The van der Waals surface area contributed by atoms with Crippen LogP contribution in [0.3, 0.4) is 0 Å². The highest BCUT2D eigenvalue weighted by molar-refractivity contribution is 9.10. The van der Waals surface area contributed by atoms with E-state index in [0.29, 0.717) is 0 Å². The molecule has 0 amide bonds. The van der Waals surface area contributed by atoms with Crippen LogP contribution in [0.5, 0.6) is 0 Å². The Bertz CT molecular complexity index is 222. The molecule has 3 heteroatoms. The second-order valence-corrected chi connectivity index (χ2v) is 4.53. The summed E-state index contributed by atoms with van der Waals surface area (Å²) in [6.45, 7) is 0.781. The Morgan fingerprint density at radius 2 is 1.92 bits per heavy atom. The molecule has 0 fully saturated rings. The second kappa shape index (κ2) is 5.62. The summed E-state index contributed by atoms with van der Waals surface area (Å²) in [4.78, 5) is 1.31. The number of nitrogens with two attached hydrogens (primary N) is 1. The van der Waals surface area contributed by atoms with Gasteiger partial charge in [-0.05, 0) is 43.0 Å². The molecule has 66 valence electrons. The number of hydrogen-bond acceptors (Lipinski definition) is 2. The molecule has 0 spiro atoms. The summed E-state index contributed by atoms with van der Waals surface area (Å²) in [6.07, 6.45) is 1.08. The maximum atomic E-state index is 5.40. The number of benzene rings is 1. The van der Waals surface area contributed by atoms with Gasteiger partial charge in [-0.1, -0.05) is 15.9 Å². The minimum atomic E-state index is 0.781. The molecule has 1 aromatic carbocycles. The van der Waals surface area contributed by atoms with Crippen LogP contribution in [-0.2, 0) is 0 Å². The van der Waals surface area contributed by atoms with E-state index < -0.39 is 0 Å². The number of halogens is 1. The van der Waals surface area contributed by atoms with Gasteiger partial charge >= 0.3 is 0 Å². The van der Waals surface area contributed by atoms with Crippen LogP contribution in [0, 0.1) is 0 Å². The van der Waals surface area contributed by atoms with Crippen LogP contribution in [0.4, 0.5) is 0 Å². The minimum Gasteiger partial charge on any atom is -0.330 e. The van der Waals surface area contributed by atoms with Crippen molar-refractivity contribution >= 4 is 27.7 Å². The molecular formula is C9H12BrNS. The zero-order chi connectivity index (χ0) is 8.81. The maximum Gasteiger partial charge on any atom is 0.0176 e. The second-order valence-electron chi connectivity index (χ2n) is 2.44. The van der Waals surface area contributed by atoms with Gasteiger partial charge in [0.2, 0.25) is 0 Å². The van der Waals surface area contributed by atoms with Crippen molar-refractivity contribution in [3.63, 3.8) is 0 Å². The first-order chi connectivity index (χ1) is 5.83. The topological polar surface area (TPSA) is 26.0 Å². The lowest BCUT2D eigenvalue weighted by Crippen LogP contribution is -1.99. The lowest BCUT2D eigenvalue weighted by Gasteiger charge is -1.99. The molecule has 0 unspecified atom stereocenters. The van der Waals surface area contributed by atoms with E-state index in [-0.39, 0.29) is 0 Å². The smallest absolute Gasteiger partial charge is 0.0176 e. The van der Waals surface area contributed by atoms with Crippen molar-refractivity contribution in [1.29, 1.82) is 0 Å². The van der Waals surface area contributed by atoms with Crippen LogP contribution in [-0.4, -0.2) is 12.3 Å². The molecule has 1 aromatic rings. The molecule has 0 aliphatic rings. The van der Waals surface area contributed by atoms with E-state index in [2.05, 4.69) is 40.2 Å². The van der Waals surface area contributed by atoms with Crippen molar-refractivity contribution in [3.8, 4) is 0 Å². The average Bonchev–Trinajstić information content (AvgIpc) is 2.09. The third kappa shape index (κ3) is 3.61. The lowest BCUT2D eigenvalue weighted by atomic mass is 10.4. The van der Waals surface area contributed by atoms with Crippen molar-refractivity contribution in [3.05, 3.63) is 28.7 Å². The third-order valence-electron chi connectivity index (χ3n) is 1.43. The summed E-state index contributed by atoms with van der Waals surface area (Å²) in [6, 6.07) is 8.35. The molecule has 0 aliphatic carbocycles. The number of thioether (sulfide) groups is 1. The van der Waals surface area contributed by atoms with Gasteiger partial charge in [0.15, 0.2) is 0 Å². The summed E-state index contributed by atoms with van der Waals surface area (Å²) < 4.78 is 1.13. The van der Waals surface area contributed by atoms with Gasteiger partial charge in [-0.15, -0.1) is 11.8 Å². The SMILES string of the molecule is NCCCSc1ccc(Br)cc1. The molecule has 1 rings (SSSR count). The summed E-state index contributed by atoms with van der Waals surface area (Å²) >= 11 is 5.25. The molecule has 0 bridgehead atoms. The highest BCUT2D eigenvalue weighted by Gasteiger charge is 1.92. The summed E-state index contributed by atoms with van der Waals surface area (Å²) in [5.41, 5.74) is 5.40. The molecule has 0 aliphatic heterocycles. The van der Waals surface area contributed by atoms with E-state index in [1.54, 1.807) is 0 Å². The molecular weight excluding hydrogens is 234 g/mol. The molecule has 0 saturated carbocycles. The first-order valence-corrected chi connectivity index (χ1v) is 5.69. The maximum absolute atomic E-state index is 5.40. The predicted octanol–water partition coefficient (Wildman–Crippen LogP) is 2.89. The molecule has 0 saturated heterocycles.